The molecular weight excluding hydrogens is 428 g/mol. The van der Waals surface area contributed by atoms with Crippen molar-refractivity contribution in [1.29, 1.82) is 10.5 Å². The van der Waals surface area contributed by atoms with Crippen LogP contribution in [0.5, 0.6) is 6.01 Å². The Balaban J connectivity index is 1.52. The van der Waals surface area contributed by atoms with Crippen molar-refractivity contribution in [2.45, 2.75) is 25.4 Å². The molecule has 2 atom stereocenters. The number of amides is 1. The number of hydrogen-bond acceptors (Lipinski definition) is 7. The van der Waals surface area contributed by atoms with Crippen LogP contribution in [-0.2, 0) is 0 Å². The third-order valence-electron chi connectivity index (χ3n) is 5.79. The van der Waals surface area contributed by atoms with Crippen LogP contribution in [0.4, 0.5) is 0 Å². The van der Waals surface area contributed by atoms with Gasteiger partial charge >= 0.3 is 6.01 Å². The highest BCUT2D eigenvalue weighted by Gasteiger charge is 2.31. The van der Waals surface area contributed by atoms with Gasteiger partial charge in [0.2, 0.25) is 0 Å². The van der Waals surface area contributed by atoms with Gasteiger partial charge in [-0.2, -0.15) is 10.5 Å². The molecule has 34 heavy (non-hydrogen) atoms. The molecule has 0 spiro atoms. The molecule has 4 rings (SSSR count). The lowest BCUT2D eigenvalue weighted by Crippen LogP contribution is -2.38. The fourth-order valence-electron chi connectivity index (χ4n) is 4.13. The van der Waals surface area contributed by atoms with E-state index in [0.717, 1.165) is 24.1 Å². The van der Waals surface area contributed by atoms with Crippen molar-refractivity contribution in [3.05, 3.63) is 88.7 Å². The smallest absolute Gasteiger partial charge is 0.316 e. The molecule has 1 aliphatic rings. The summed E-state index contributed by atoms with van der Waals surface area (Å²) < 4.78 is 5.38. The fourth-order valence-corrected chi connectivity index (χ4v) is 4.13. The number of nitrogens with zero attached hydrogens (tertiary/aromatic N) is 5. The van der Waals surface area contributed by atoms with Crippen LogP contribution in [0, 0.1) is 22.7 Å². The van der Waals surface area contributed by atoms with Crippen molar-refractivity contribution in [1.82, 2.24) is 20.2 Å². The molecule has 2 heterocycles. The van der Waals surface area contributed by atoms with Crippen LogP contribution >= 0.6 is 0 Å². The Morgan fingerprint density at radius 1 is 1.06 bits per heavy atom. The van der Waals surface area contributed by atoms with Crippen molar-refractivity contribution in [2.24, 2.45) is 0 Å². The normalized spacial score (nSPS) is 16.3. The van der Waals surface area contributed by atoms with Crippen LogP contribution in [0.15, 0.2) is 60.9 Å². The Bertz CT molecular complexity index is 1210. The number of nitriles is 2. The van der Waals surface area contributed by atoms with E-state index in [1.807, 2.05) is 19.1 Å². The lowest BCUT2D eigenvalue weighted by molar-refractivity contribution is 0.0937. The molecule has 1 aromatic heterocycles. The lowest BCUT2D eigenvalue weighted by Gasteiger charge is -2.28. The second-order valence-electron chi connectivity index (χ2n) is 8.01. The number of likely N-dealkylation sites (tertiary alicyclic amines) is 1. The second-order valence-corrected chi connectivity index (χ2v) is 8.01. The van der Waals surface area contributed by atoms with Crippen molar-refractivity contribution in [3.8, 4) is 18.1 Å². The monoisotopic (exact) mass is 452 g/mol. The van der Waals surface area contributed by atoms with Gasteiger partial charge in [0.05, 0.1) is 35.9 Å². The molecule has 0 aliphatic carbocycles. The molecular formula is C26H24N6O2. The van der Waals surface area contributed by atoms with E-state index in [1.165, 1.54) is 0 Å². The van der Waals surface area contributed by atoms with E-state index in [2.05, 4.69) is 32.3 Å². The number of carbonyl (C=O) groups excluding carboxylic acids is 1. The largest absolute Gasteiger partial charge is 0.464 e. The Hall–Kier alpha value is -4.27. The van der Waals surface area contributed by atoms with Gasteiger partial charge in [-0.05, 0) is 55.3 Å². The van der Waals surface area contributed by atoms with Crippen LogP contribution in [0.2, 0.25) is 0 Å². The molecule has 3 aromatic rings. The zero-order valence-electron chi connectivity index (χ0n) is 18.8. The average molecular weight is 453 g/mol. The molecule has 2 aromatic carbocycles. The number of ether oxygens (including phenoxy) is 1. The quantitative estimate of drug-likeness (QED) is 0.585. The van der Waals surface area contributed by atoms with Crippen molar-refractivity contribution in [3.63, 3.8) is 0 Å². The highest BCUT2D eigenvalue weighted by Crippen LogP contribution is 2.31. The van der Waals surface area contributed by atoms with E-state index in [4.69, 9.17) is 15.3 Å². The first-order valence-electron chi connectivity index (χ1n) is 11.1. The zero-order valence-corrected chi connectivity index (χ0v) is 18.8. The summed E-state index contributed by atoms with van der Waals surface area (Å²) in [7, 11) is 0. The Morgan fingerprint density at radius 3 is 2.26 bits per heavy atom. The van der Waals surface area contributed by atoms with Crippen molar-refractivity contribution in [2.75, 3.05) is 19.7 Å². The van der Waals surface area contributed by atoms with Crippen LogP contribution in [0.25, 0.3) is 0 Å². The van der Waals surface area contributed by atoms with Gasteiger partial charge in [0, 0.05) is 42.7 Å². The summed E-state index contributed by atoms with van der Waals surface area (Å²) in [6.07, 6.45) is 4.33. The number of hydrogen-bond donors (Lipinski definition) is 1. The Morgan fingerprint density at radius 2 is 1.68 bits per heavy atom. The second kappa shape index (κ2) is 10.6. The van der Waals surface area contributed by atoms with Crippen LogP contribution in [0.3, 0.4) is 0 Å². The van der Waals surface area contributed by atoms with E-state index in [-0.39, 0.29) is 18.0 Å². The maximum absolute atomic E-state index is 12.7. The molecule has 1 saturated heterocycles. The molecule has 1 aliphatic heterocycles. The molecule has 1 amide bonds. The van der Waals surface area contributed by atoms with Crippen molar-refractivity contribution >= 4 is 5.91 Å². The first-order chi connectivity index (χ1) is 16.6. The topological polar surface area (TPSA) is 115 Å². The number of carbonyl (C=O) groups is 1. The van der Waals surface area contributed by atoms with Gasteiger partial charge < -0.3 is 10.1 Å². The van der Waals surface area contributed by atoms with E-state index >= 15 is 0 Å². The highest BCUT2D eigenvalue weighted by molar-refractivity contribution is 5.94. The minimum atomic E-state index is -0.157. The standard InChI is InChI=1S/C26H24N6O2/c1-2-34-26-29-15-22(16-30-26)24(20-7-3-18(13-27)4-8-20)32-12-11-23(17-32)31-25(33)21-9-5-19(14-28)6-10-21/h3-10,15-16,23-24H,2,11-12,17H2,1H3,(H,31,33)/t23?,24-/m1/s1. The van der Waals surface area contributed by atoms with E-state index in [9.17, 15) is 4.79 Å². The summed E-state index contributed by atoms with van der Waals surface area (Å²) >= 11 is 0. The number of benzene rings is 2. The summed E-state index contributed by atoms with van der Waals surface area (Å²) in [5.41, 5.74) is 3.57. The SMILES string of the molecule is CCOc1ncc([C@@H](c2ccc(C#N)cc2)N2CCC(NC(=O)c3ccc(C#N)cc3)C2)cn1. The molecule has 1 N–H and O–H groups in total. The molecule has 8 heteroatoms. The molecule has 0 radical (unpaired) electrons. The molecule has 170 valence electrons. The minimum absolute atomic E-state index is 0.0207. The van der Waals surface area contributed by atoms with Gasteiger partial charge in [-0.3, -0.25) is 9.69 Å². The summed E-state index contributed by atoms with van der Waals surface area (Å²) in [6, 6.07) is 18.5. The predicted molar refractivity (Wildman–Crippen MR) is 125 cm³/mol. The minimum Gasteiger partial charge on any atom is -0.464 e. The highest BCUT2D eigenvalue weighted by atomic mass is 16.5. The third kappa shape index (κ3) is 5.20. The Labute approximate surface area is 198 Å². The van der Waals surface area contributed by atoms with Crippen LogP contribution < -0.4 is 10.1 Å². The number of aromatic nitrogens is 2. The van der Waals surface area contributed by atoms with Gasteiger partial charge in [-0.25, -0.2) is 9.97 Å². The number of rotatable bonds is 7. The van der Waals surface area contributed by atoms with E-state index in [0.29, 0.717) is 35.9 Å². The van der Waals surface area contributed by atoms with Crippen LogP contribution in [0.1, 0.15) is 52.0 Å². The van der Waals surface area contributed by atoms with Gasteiger partial charge in [0.1, 0.15) is 0 Å². The molecule has 1 unspecified atom stereocenters. The molecule has 0 bridgehead atoms. The first kappa shape index (κ1) is 22.9. The molecule has 1 fully saturated rings. The van der Waals surface area contributed by atoms with E-state index < -0.39 is 0 Å². The predicted octanol–water partition coefficient (Wildman–Crippen LogP) is 3.21. The van der Waals surface area contributed by atoms with Gasteiger partial charge in [0.25, 0.3) is 5.91 Å². The Kier molecular flexibility index (Phi) is 7.12. The van der Waals surface area contributed by atoms with Gasteiger partial charge in [0.15, 0.2) is 0 Å². The maximum atomic E-state index is 12.7. The summed E-state index contributed by atoms with van der Waals surface area (Å²) in [6.45, 7) is 3.80. The average Bonchev–Trinajstić information content (AvgIpc) is 3.33. The molecule has 0 saturated carbocycles. The van der Waals surface area contributed by atoms with Gasteiger partial charge in [-0.1, -0.05) is 12.1 Å². The van der Waals surface area contributed by atoms with E-state index in [1.54, 1.807) is 48.8 Å². The summed E-state index contributed by atoms with van der Waals surface area (Å²) in [4.78, 5) is 23.7. The summed E-state index contributed by atoms with van der Waals surface area (Å²) in [5.74, 6) is -0.157. The third-order valence-corrected chi connectivity index (χ3v) is 5.79. The van der Waals surface area contributed by atoms with Gasteiger partial charge in [-0.15, -0.1) is 0 Å². The summed E-state index contributed by atoms with van der Waals surface area (Å²) in [5, 5.41) is 21.2. The lowest BCUT2D eigenvalue weighted by atomic mass is 9.98. The fraction of sp³-hybridized carbons (Fsp3) is 0.269. The van der Waals surface area contributed by atoms with Crippen molar-refractivity contribution < 1.29 is 9.53 Å². The maximum Gasteiger partial charge on any atom is 0.316 e. The van der Waals surface area contributed by atoms with Crippen LogP contribution in [-0.4, -0.2) is 46.5 Å². The zero-order chi connectivity index (χ0) is 23.9. The first-order valence-corrected chi connectivity index (χ1v) is 11.1. The molecule has 8 nitrogen and oxygen atoms in total. The number of nitrogens with one attached hydrogen (secondary N) is 1.